The number of hydrogen-bond acceptors (Lipinski definition) is 5. The van der Waals surface area contributed by atoms with E-state index in [0.717, 1.165) is 5.56 Å². The van der Waals surface area contributed by atoms with Crippen LogP contribution < -0.4 is 0 Å². The zero-order valence-electron chi connectivity index (χ0n) is 12.5. The molecule has 0 bridgehead atoms. The van der Waals surface area contributed by atoms with E-state index in [1.807, 2.05) is 30.3 Å². The number of amides is 1. The topological polar surface area (TPSA) is 72.9 Å². The van der Waals surface area contributed by atoms with Gasteiger partial charge in [-0.15, -0.1) is 0 Å². The molecule has 0 N–H and O–H groups in total. The molecule has 1 aromatic carbocycles. The summed E-state index contributed by atoms with van der Waals surface area (Å²) in [7, 11) is 0. The number of ketones is 1. The van der Waals surface area contributed by atoms with Crippen molar-refractivity contribution >= 4 is 17.8 Å². The Hall–Kier alpha value is -2.37. The second-order valence-electron chi connectivity index (χ2n) is 4.97. The van der Waals surface area contributed by atoms with Crippen molar-refractivity contribution in [3.63, 3.8) is 0 Å². The van der Waals surface area contributed by atoms with E-state index in [0.29, 0.717) is 0 Å². The third-order valence-corrected chi connectivity index (χ3v) is 3.45. The molecule has 6 nitrogen and oxygen atoms in total. The van der Waals surface area contributed by atoms with Crippen LogP contribution in [-0.4, -0.2) is 41.9 Å². The highest BCUT2D eigenvalue weighted by Gasteiger charge is 2.38. The molecule has 2 rings (SSSR count). The number of hydrogen-bond donors (Lipinski definition) is 0. The van der Waals surface area contributed by atoms with E-state index in [-0.39, 0.29) is 38.4 Å². The Morgan fingerprint density at radius 3 is 2.64 bits per heavy atom. The Balaban J connectivity index is 1.92. The maximum absolute atomic E-state index is 12.1. The van der Waals surface area contributed by atoms with Gasteiger partial charge >= 0.3 is 12.1 Å². The molecule has 0 aromatic heterocycles. The van der Waals surface area contributed by atoms with Gasteiger partial charge in [-0.2, -0.15) is 0 Å². The lowest BCUT2D eigenvalue weighted by Gasteiger charge is -2.22. The summed E-state index contributed by atoms with van der Waals surface area (Å²) in [5, 5.41) is 0. The van der Waals surface area contributed by atoms with Crippen LogP contribution in [0, 0.1) is 0 Å². The van der Waals surface area contributed by atoms with Gasteiger partial charge in [-0.1, -0.05) is 30.3 Å². The number of carbonyl (C=O) groups excluding carboxylic acids is 3. The number of rotatable bonds is 5. The number of Topliss-reactive ketones (excluding diaryl/α,β-unsaturated/α-hetero) is 1. The predicted molar refractivity (Wildman–Crippen MR) is 78.0 cm³/mol. The van der Waals surface area contributed by atoms with E-state index >= 15 is 0 Å². The smallest absolute Gasteiger partial charge is 0.410 e. The van der Waals surface area contributed by atoms with Crippen LogP contribution in [0.15, 0.2) is 30.3 Å². The molecule has 1 saturated heterocycles. The quantitative estimate of drug-likeness (QED) is 0.777. The van der Waals surface area contributed by atoms with Crippen LogP contribution in [0.5, 0.6) is 0 Å². The van der Waals surface area contributed by atoms with Gasteiger partial charge in [0.1, 0.15) is 12.6 Å². The first-order valence-electron chi connectivity index (χ1n) is 7.27. The monoisotopic (exact) mass is 305 g/mol. The fourth-order valence-corrected chi connectivity index (χ4v) is 2.35. The summed E-state index contributed by atoms with van der Waals surface area (Å²) >= 11 is 0. The standard InChI is InChI=1S/C16H19NO5/c1-2-21-15(19)10-13-14(18)8-9-17(13)16(20)22-11-12-6-4-3-5-7-12/h3-7,13H,2,8-11H2,1H3/t13-/m0/s1. The average molecular weight is 305 g/mol. The molecule has 1 heterocycles. The maximum atomic E-state index is 12.1. The Labute approximate surface area is 129 Å². The molecule has 1 aliphatic rings. The summed E-state index contributed by atoms with van der Waals surface area (Å²) < 4.78 is 10.1. The van der Waals surface area contributed by atoms with Crippen LogP contribution in [0.25, 0.3) is 0 Å². The summed E-state index contributed by atoms with van der Waals surface area (Å²) in [5.74, 6) is -0.617. The average Bonchev–Trinajstić information content (AvgIpc) is 2.87. The van der Waals surface area contributed by atoms with Gasteiger partial charge in [0.15, 0.2) is 5.78 Å². The number of nitrogens with zero attached hydrogens (tertiary/aromatic N) is 1. The van der Waals surface area contributed by atoms with Crippen LogP contribution >= 0.6 is 0 Å². The maximum Gasteiger partial charge on any atom is 0.410 e. The van der Waals surface area contributed by atoms with E-state index in [2.05, 4.69) is 0 Å². The Kier molecular flexibility index (Phi) is 5.52. The van der Waals surface area contributed by atoms with Gasteiger partial charge < -0.3 is 9.47 Å². The lowest BCUT2D eigenvalue weighted by Crippen LogP contribution is -2.40. The molecule has 0 aliphatic carbocycles. The Morgan fingerprint density at radius 2 is 1.95 bits per heavy atom. The predicted octanol–water partition coefficient (Wildman–Crippen LogP) is 1.92. The molecule has 1 atom stereocenters. The molecule has 0 spiro atoms. The van der Waals surface area contributed by atoms with Gasteiger partial charge in [-0.05, 0) is 12.5 Å². The summed E-state index contributed by atoms with van der Waals surface area (Å²) in [6.07, 6.45) is -0.457. The number of carbonyl (C=O) groups is 3. The molecule has 1 aliphatic heterocycles. The highest BCUT2D eigenvalue weighted by Crippen LogP contribution is 2.19. The molecule has 22 heavy (non-hydrogen) atoms. The number of likely N-dealkylation sites (tertiary alicyclic amines) is 1. The zero-order valence-corrected chi connectivity index (χ0v) is 12.5. The van der Waals surface area contributed by atoms with Crippen LogP contribution in [0.3, 0.4) is 0 Å². The van der Waals surface area contributed by atoms with Crippen molar-refractivity contribution in [2.24, 2.45) is 0 Å². The Bertz CT molecular complexity index is 543. The third kappa shape index (κ3) is 4.07. The fraction of sp³-hybridized carbons (Fsp3) is 0.438. The molecule has 118 valence electrons. The first-order valence-corrected chi connectivity index (χ1v) is 7.27. The molecule has 0 unspecified atom stereocenters. The van der Waals surface area contributed by atoms with E-state index < -0.39 is 18.1 Å². The van der Waals surface area contributed by atoms with Gasteiger partial charge in [-0.25, -0.2) is 4.79 Å². The third-order valence-electron chi connectivity index (χ3n) is 3.45. The van der Waals surface area contributed by atoms with Crippen molar-refractivity contribution in [3.05, 3.63) is 35.9 Å². The molecular weight excluding hydrogens is 286 g/mol. The van der Waals surface area contributed by atoms with Crippen molar-refractivity contribution in [1.29, 1.82) is 0 Å². The van der Waals surface area contributed by atoms with Crippen molar-refractivity contribution in [2.45, 2.75) is 32.4 Å². The van der Waals surface area contributed by atoms with Crippen LogP contribution in [0.2, 0.25) is 0 Å². The van der Waals surface area contributed by atoms with E-state index in [1.54, 1.807) is 6.92 Å². The van der Waals surface area contributed by atoms with E-state index in [4.69, 9.17) is 9.47 Å². The zero-order chi connectivity index (χ0) is 15.9. The largest absolute Gasteiger partial charge is 0.466 e. The SMILES string of the molecule is CCOC(=O)C[C@H]1C(=O)CCN1C(=O)OCc1ccccc1. The summed E-state index contributed by atoms with van der Waals surface area (Å²) in [5.41, 5.74) is 0.864. The van der Waals surface area contributed by atoms with E-state index in [9.17, 15) is 14.4 Å². The molecular formula is C16H19NO5. The Morgan fingerprint density at radius 1 is 1.23 bits per heavy atom. The van der Waals surface area contributed by atoms with Crippen LogP contribution in [0.1, 0.15) is 25.3 Å². The number of esters is 1. The van der Waals surface area contributed by atoms with Gasteiger partial charge in [0.05, 0.1) is 13.0 Å². The highest BCUT2D eigenvalue weighted by atomic mass is 16.6. The summed E-state index contributed by atoms with van der Waals surface area (Å²) in [6, 6.07) is 8.50. The van der Waals surface area contributed by atoms with Crippen molar-refractivity contribution in [2.75, 3.05) is 13.2 Å². The van der Waals surface area contributed by atoms with Crippen molar-refractivity contribution < 1.29 is 23.9 Å². The number of benzene rings is 1. The first kappa shape index (κ1) is 16.0. The molecule has 1 aromatic rings. The van der Waals surface area contributed by atoms with Gasteiger partial charge in [0.2, 0.25) is 0 Å². The highest BCUT2D eigenvalue weighted by molar-refractivity contribution is 5.93. The second-order valence-corrected chi connectivity index (χ2v) is 4.97. The molecule has 1 fully saturated rings. The molecule has 0 radical (unpaired) electrons. The first-order chi connectivity index (χ1) is 10.6. The van der Waals surface area contributed by atoms with Gasteiger partial charge in [0.25, 0.3) is 0 Å². The van der Waals surface area contributed by atoms with Crippen LogP contribution in [-0.2, 0) is 25.7 Å². The summed E-state index contributed by atoms with van der Waals surface area (Å²) in [6.45, 7) is 2.35. The minimum absolute atomic E-state index is 0.118. The lowest BCUT2D eigenvalue weighted by atomic mass is 10.1. The molecule has 6 heteroatoms. The van der Waals surface area contributed by atoms with Crippen molar-refractivity contribution in [3.8, 4) is 0 Å². The lowest BCUT2D eigenvalue weighted by molar-refractivity contribution is -0.145. The van der Waals surface area contributed by atoms with Gasteiger partial charge in [-0.3, -0.25) is 14.5 Å². The van der Waals surface area contributed by atoms with E-state index in [1.165, 1.54) is 4.90 Å². The van der Waals surface area contributed by atoms with Gasteiger partial charge in [0, 0.05) is 13.0 Å². The normalized spacial score (nSPS) is 17.4. The van der Waals surface area contributed by atoms with Crippen LogP contribution in [0.4, 0.5) is 4.79 Å². The fourth-order valence-electron chi connectivity index (χ4n) is 2.35. The minimum Gasteiger partial charge on any atom is -0.466 e. The molecule has 0 saturated carbocycles. The summed E-state index contributed by atoms with van der Waals surface area (Å²) in [4.78, 5) is 36.8. The number of ether oxygens (including phenoxy) is 2. The molecule has 1 amide bonds. The van der Waals surface area contributed by atoms with Crippen molar-refractivity contribution in [1.82, 2.24) is 4.90 Å². The minimum atomic E-state index is -0.776. The second kappa shape index (κ2) is 7.59.